The van der Waals surface area contributed by atoms with Gasteiger partial charge in [-0.1, -0.05) is 19.1 Å². The van der Waals surface area contributed by atoms with Crippen LogP contribution in [0.2, 0.25) is 0 Å². The standard InChI is InChI=1S/C26H20F4N6O/c1-2-9-37-17-7-8-18(20(10-17)26(28,29)30)24-31-11-16(12-32-24)14-36-15-23-22(13-33-36)34-25(35-23)19-5-3-4-6-21(19)27/h3-8,10-13,15H,2,9,14H2,1H3. The minimum Gasteiger partial charge on any atom is -0.494 e. The molecule has 1 aromatic heterocycles. The summed E-state index contributed by atoms with van der Waals surface area (Å²) < 4.78 is 62.1. The van der Waals surface area contributed by atoms with E-state index < -0.39 is 17.6 Å². The molecule has 0 fully saturated rings. The monoisotopic (exact) mass is 508 g/mol. The molecule has 7 nitrogen and oxygen atoms in total. The number of aromatic nitrogens is 6. The van der Waals surface area contributed by atoms with Crippen molar-refractivity contribution >= 4 is 0 Å². The molecule has 0 saturated carbocycles. The number of benzene rings is 2. The molecule has 0 saturated heterocycles. The van der Waals surface area contributed by atoms with Gasteiger partial charge in [-0.2, -0.15) is 18.3 Å². The van der Waals surface area contributed by atoms with E-state index >= 15 is 0 Å². The number of ether oxygens (including phenoxy) is 1. The van der Waals surface area contributed by atoms with Crippen LogP contribution in [0, 0.1) is 5.82 Å². The highest BCUT2D eigenvalue weighted by molar-refractivity contribution is 5.65. The highest BCUT2D eigenvalue weighted by atomic mass is 19.4. The molecule has 11 heteroatoms. The normalized spacial score (nSPS) is 11.7. The van der Waals surface area contributed by atoms with Gasteiger partial charge in [-0.15, -0.1) is 0 Å². The van der Waals surface area contributed by atoms with E-state index in [1.54, 1.807) is 29.1 Å². The van der Waals surface area contributed by atoms with E-state index in [1.807, 2.05) is 6.92 Å². The lowest BCUT2D eigenvalue weighted by Gasteiger charge is -2.14. The Morgan fingerprint density at radius 1 is 0.892 bits per heavy atom. The zero-order chi connectivity index (χ0) is 26.0. The molecule has 0 aliphatic carbocycles. The van der Waals surface area contributed by atoms with Crippen molar-refractivity contribution in [3.05, 3.63) is 84.2 Å². The molecule has 3 heterocycles. The SMILES string of the molecule is CCCOc1ccc(-c2ncc(Cn3cc4nc(-c5ccccc5F)nc-4cn3)cn2)c(C(F)(F)F)c1. The van der Waals surface area contributed by atoms with Crippen LogP contribution in [0.3, 0.4) is 0 Å². The third-order valence-electron chi connectivity index (χ3n) is 5.49. The van der Waals surface area contributed by atoms with E-state index in [1.165, 1.54) is 36.8 Å². The van der Waals surface area contributed by atoms with Crippen LogP contribution < -0.4 is 4.74 Å². The summed E-state index contributed by atoms with van der Waals surface area (Å²) in [5.74, 6) is -0.0799. The summed E-state index contributed by atoms with van der Waals surface area (Å²) in [5, 5.41) is 4.29. The highest BCUT2D eigenvalue weighted by Crippen LogP contribution is 2.38. The van der Waals surface area contributed by atoms with Crippen LogP contribution in [0.5, 0.6) is 5.75 Å². The third kappa shape index (κ3) is 5.25. The first-order valence-electron chi connectivity index (χ1n) is 11.4. The lowest BCUT2D eigenvalue weighted by molar-refractivity contribution is -0.137. The summed E-state index contributed by atoms with van der Waals surface area (Å²) in [5.41, 5.74) is 0.931. The molecule has 0 atom stereocenters. The molecule has 5 rings (SSSR count). The molecule has 0 amide bonds. The predicted molar refractivity (Wildman–Crippen MR) is 127 cm³/mol. The zero-order valence-corrected chi connectivity index (χ0v) is 19.6. The van der Waals surface area contributed by atoms with E-state index in [-0.39, 0.29) is 35.1 Å². The Morgan fingerprint density at radius 2 is 1.65 bits per heavy atom. The number of hydrogen-bond donors (Lipinski definition) is 0. The van der Waals surface area contributed by atoms with Crippen LogP contribution in [0.4, 0.5) is 17.6 Å². The Hall–Kier alpha value is -4.41. The topological polar surface area (TPSA) is 78.6 Å². The van der Waals surface area contributed by atoms with Crippen LogP contribution in [0.15, 0.2) is 67.3 Å². The van der Waals surface area contributed by atoms with Crippen molar-refractivity contribution in [2.75, 3.05) is 6.61 Å². The fraction of sp³-hybridized carbons (Fsp3) is 0.192. The highest BCUT2D eigenvalue weighted by Gasteiger charge is 2.35. The van der Waals surface area contributed by atoms with E-state index in [0.29, 0.717) is 30.0 Å². The van der Waals surface area contributed by atoms with Crippen molar-refractivity contribution in [3.63, 3.8) is 0 Å². The second-order valence-electron chi connectivity index (χ2n) is 8.24. The maximum Gasteiger partial charge on any atom is 0.417 e. The van der Waals surface area contributed by atoms with Crippen LogP contribution >= 0.6 is 0 Å². The molecule has 0 unspecified atom stereocenters. The van der Waals surface area contributed by atoms with E-state index in [2.05, 4.69) is 25.0 Å². The minimum absolute atomic E-state index is 0.0528. The summed E-state index contributed by atoms with van der Waals surface area (Å²) in [6.45, 7) is 2.44. The molecule has 0 spiro atoms. The zero-order valence-electron chi connectivity index (χ0n) is 19.6. The molecule has 0 radical (unpaired) electrons. The summed E-state index contributed by atoms with van der Waals surface area (Å²) in [6.07, 6.45) is 2.14. The van der Waals surface area contributed by atoms with Gasteiger partial charge in [0.15, 0.2) is 11.6 Å². The van der Waals surface area contributed by atoms with Crippen molar-refractivity contribution in [2.24, 2.45) is 0 Å². The Bertz CT molecular complexity index is 1500. The number of rotatable bonds is 7. The van der Waals surface area contributed by atoms with E-state index in [9.17, 15) is 17.6 Å². The van der Waals surface area contributed by atoms with Crippen molar-refractivity contribution in [3.8, 4) is 39.9 Å². The Morgan fingerprint density at radius 3 is 2.38 bits per heavy atom. The Kier molecular flexibility index (Phi) is 6.51. The van der Waals surface area contributed by atoms with Crippen LogP contribution in [-0.4, -0.2) is 36.3 Å². The third-order valence-corrected chi connectivity index (χ3v) is 5.49. The fourth-order valence-corrected chi connectivity index (χ4v) is 3.74. The second-order valence-corrected chi connectivity index (χ2v) is 8.24. The summed E-state index contributed by atoms with van der Waals surface area (Å²) in [7, 11) is 0. The van der Waals surface area contributed by atoms with Gasteiger partial charge in [-0.25, -0.2) is 24.3 Å². The van der Waals surface area contributed by atoms with Gasteiger partial charge in [0.05, 0.1) is 36.7 Å². The Labute approximate surface area is 209 Å². The number of hydrogen-bond acceptors (Lipinski definition) is 6. The van der Waals surface area contributed by atoms with E-state index in [0.717, 1.165) is 6.07 Å². The maximum atomic E-state index is 14.1. The second kappa shape index (κ2) is 9.92. The van der Waals surface area contributed by atoms with Gasteiger partial charge >= 0.3 is 6.18 Å². The van der Waals surface area contributed by atoms with Gasteiger partial charge in [0.25, 0.3) is 0 Å². The van der Waals surface area contributed by atoms with Gasteiger partial charge in [-0.05, 0) is 36.8 Å². The average molecular weight is 508 g/mol. The molecule has 2 aliphatic heterocycles. The number of alkyl halides is 3. The van der Waals surface area contributed by atoms with Crippen molar-refractivity contribution < 1.29 is 22.3 Å². The molecule has 0 N–H and O–H groups in total. The first kappa shape index (κ1) is 24.3. The molecule has 2 aliphatic rings. The fourth-order valence-electron chi connectivity index (χ4n) is 3.74. The van der Waals surface area contributed by atoms with E-state index in [4.69, 9.17) is 4.74 Å². The van der Waals surface area contributed by atoms with Gasteiger partial charge < -0.3 is 4.74 Å². The van der Waals surface area contributed by atoms with Crippen molar-refractivity contribution in [1.29, 1.82) is 0 Å². The molecule has 2 aromatic carbocycles. The molecule has 3 aromatic rings. The Balaban J connectivity index is 1.38. The summed E-state index contributed by atoms with van der Waals surface area (Å²) >= 11 is 0. The van der Waals surface area contributed by atoms with Gasteiger partial charge in [0.2, 0.25) is 0 Å². The largest absolute Gasteiger partial charge is 0.494 e. The predicted octanol–water partition coefficient (Wildman–Crippen LogP) is 5.90. The molecule has 188 valence electrons. The number of fused-ring (bicyclic) bond motifs is 1. The number of halogens is 4. The van der Waals surface area contributed by atoms with Crippen LogP contribution in [0.25, 0.3) is 34.2 Å². The number of imidazole rings is 1. The van der Waals surface area contributed by atoms with Crippen LogP contribution in [0.1, 0.15) is 24.5 Å². The molecular formula is C26H20F4N6O. The van der Waals surface area contributed by atoms with Crippen molar-refractivity contribution in [2.45, 2.75) is 26.1 Å². The summed E-state index contributed by atoms with van der Waals surface area (Å²) in [6, 6.07) is 9.98. The van der Waals surface area contributed by atoms with Gasteiger partial charge in [0, 0.05) is 23.5 Å². The molecule has 37 heavy (non-hydrogen) atoms. The molecular weight excluding hydrogens is 488 g/mol. The quantitative estimate of drug-likeness (QED) is 0.255. The lowest BCUT2D eigenvalue weighted by Crippen LogP contribution is -2.10. The maximum absolute atomic E-state index is 14.1. The van der Waals surface area contributed by atoms with Gasteiger partial charge in [0.1, 0.15) is 23.0 Å². The van der Waals surface area contributed by atoms with Crippen molar-refractivity contribution in [1.82, 2.24) is 29.7 Å². The smallest absolute Gasteiger partial charge is 0.417 e. The first-order valence-corrected chi connectivity index (χ1v) is 11.4. The first-order chi connectivity index (χ1) is 17.8. The molecule has 0 bridgehead atoms. The summed E-state index contributed by atoms with van der Waals surface area (Å²) in [4.78, 5) is 17.1. The number of nitrogens with zero attached hydrogens (tertiary/aromatic N) is 6. The van der Waals surface area contributed by atoms with Crippen LogP contribution in [-0.2, 0) is 12.7 Å². The minimum atomic E-state index is -4.60. The van der Waals surface area contributed by atoms with Gasteiger partial charge in [-0.3, -0.25) is 4.68 Å². The average Bonchev–Trinajstić information content (AvgIpc) is 3.31. The lowest BCUT2D eigenvalue weighted by atomic mass is 10.1.